The third kappa shape index (κ3) is 1.50. The molecule has 1 aromatic carbocycles. The molecule has 16 heavy (non-hydrogen) atoms. The molecule has 0 bridgehead atoms. The van der Waals surface area contributed by atoms with Crippen LogP contribution in [0.15, 0.2) is 27.7 Å². The van der Waals surface area contributed by atoms with E-state index in [1.54, 1.807) is 5.01 Å². The molecule has 0 atom stereocenters. The summed E-state index contributed by atoms with van der Waals surface area (Å²) < 4.78 is 1.02. The molecule has 0 fully saturated rings. The van der Waals surface area contributed by atoms with Gasteiger partial charge in [0.2, 0.25) is 0 Å². The Balaban J connectivity index is 2.12. The number of amidine groups is 1. The fourth-order valence-corrected chi connectivity index (χ4v) is 2.12. The van der Waals surface area contributed by atoms with Gasteiger partial charge in [0.05, 0.1) is 24.1 Å². The summed E-state index contributed by atoms with van der Waals surface area (Å²) in [6, 6.07) is 5.90. The van der Waals surface area contributed by atoms with Gasteiger partial charge in [-0.2, -0.15) is 0 Å². The fourth-order valence-electron chi connectivity index (χ4n) is 1.76. The number of imidazole rings is 1. The Hall–Kier alpha value is -1.40. The number of halogens is 1. The highest BCUT2D eigenvalue weighted by Crippen LogP contribution is 2.18. The molecule has 0 spiro atoms. The number of aliphatic imine (C=N–C) groups is 1. The first-order valence-corrected chi connectivity index (χ1v) is 5.76. The van der Waals surface area contributed by atoms with Crippen LogP contribution in [0.4, 0.5) is 0 Å². The minimum Gasteiger partial charge on any atom is -0.335 e. The van der Waals surface area contributed by atoms with Crippen LogP contribution in [0, 0.1) is 0 Å². The van der Waals surface area contributed by atoms with Crippen molar-refractivity contribution in [1.29, 1.82) is 0 Å². The summed E-state index contributed by atoms with van der Waals surface area (Å²) >= 11 is 3.42. The molecule has 1 aliphatic rings. The van der Waals surface area contributed by atoms with Gasteiger partial charge in [-0.3, -0.25) is 10.0 Å². The number of aromatic nitrogens is 2. The second-order valence-corrected chi connectivity index (χ2v) is 4.56. The maximum Gasteiger partial charge on any atom is 0.181 e. The lowest BCUT2D eigenvalue weighted by Crippen LogP contribution is -2.35. The molecule has 3 rings (SSSR count). The quantitative estimate of drug-likeness (QED) is 0.773. The van der Waals surface area contributed by atoms with Gasteiger partial charge in [-0.15, -0.1) is 0 Å². The van der Waals surface area contributed by atoms with E-state index in [4.69, 9.17) is 5.84 Å². The number of fused-ring (bicyclic) bond motifs is 1. The van der Waals surface area contributed by atoms with Crippen LogP contribution in [0.2, 0.25) is 0 Å². The number of rotatable bonds is 1. The topological polar surface area (TPSA) is 70.3 Å². The Morgan fingerprint density at radius 2 is 2.31 bits per heavy atom. The van der Waals surface area contributed by atoms with Gasteiger partial charge in [-0.25, -0.2) is 10.8 Å². The van der Waals surface area contributed by atoms with Gasteiger partial charge in [0, 0.05) is 4.47 Å². The van der Waals surface area contributed by atoms with E-state index in [2.05, 4.69) is 30.9 Å². The molecule has 2 aromatic rings. The van der Waals surface area contributed by atoms with Crippen LogP contribution in [-0.4, -0.2) is 33.9 Å². The summed E-state index contributed by atoms with van der Waals surface area (Å²) in [5.74, 6) is 7.25. The number of nitrogens with two attached hydrogens (primary N) is 1. The molecule has 1 aliphatic heterocycles. The fraction of sp³-hybridized carbons (Fsp3) is 0.200. The second kappa shape index (κ2) is 3.57. The summed E-state index contributed by atoms with van der Waals surface area (Å²) in [5.41, 5.74) is 1.90. The van der Waals surface area contributed by atoms with Crippen LogP contribution in [0.1, 0.15) is 5.82 Å². The van der Waals surface area contributed by atoms with Gasteiger partial charge >= 0.3 is 0 Å². The van der Waals surface area contributed by atoms with Crippen molar-refractivity contribution < 1.29 is 0 Å². The molecule has 2 heterocycles. The predicted octanol–water partition coefficient (Wildman–Crippen LogP) is 1.26. The normalized spacial score (nSPS) is 15.9. The van der Waals surface area contributed by atoms with Crippen molar-refractivity contribution in [3.63, 3.8) is 0 Å². The SMILES string of the molecule is NN1CCN=C1c1nc2ccc(Br)cc2[nH]1. The highest BCUT2D eigenvalue weighted by atomic mass is 79.9. The Kier molecular flexibility index (Phi) is 2.19. The van der Waals surface area contributed by atoms with Crippen LogP contribution < -0.4 is 5.84 Å². The van der Waals surface area contributed by atoms with E-state index in [-0.39, 0.29) is 0 Å². The number of hydrogen-bond acceptors (Lipinski definition) is 4. The smallest absolute Gasteiger partial charge is 0.181 e. The minimum atomic E-state index is 0.729. The molecular weight excluding hydrogens is 270 g/mol. The predicted molar refractivity (Wildman–Crippen MR) is 66.1 cm³/mol. The number of H-pyrrole nitrogens is 1. The molecule has 3 N–H and O–H groups in total. The molecule has 0 radical (unpaired) electrons. The van der Waals surface area contributed by atoms with Crippen molar-refractivity contribution in [2.24, 2.45) is 10.8 Å². The van der Waals surface area contributed by atoms with E-state index in [9.17, 15) is 0 Å². The first-order chi connectivity index (χ1) is 7.74. The zero-order valence-corrected chi connectivity index (χ0v) is 10.0. The van der Waals surface area contributed by atoms with Crippen LogP contribution in [-0.2, 0) is 0 Å². The maximum atomic E-state index is 5.80. The number of hydrogen-bond donors (Lipinski definition) is 2. The van der Waals surface area contributed by atoms with Gasteiger partial charge in [-0.1, -0.05) is 15.9 Å². The van der Waals surface area contributed by atoms with Crippen molar-refractivity contribution >= 4 is 32.8 Å². The average Bonchev–Trinajstić information content (AvgIpc) is 2.82. The van der Waals surface area contributed by atoms with Gasteiger partial charge < -0.3 is 4.98 Å². The van der Waals surface area contributed by atoms with E-state index in [1.165, 1.54) is 0 Å². The number of nitrogens with zero attached hydrogens (tertiary/aromatic N) is 3. The molecule has 0 saturated carbocycles. The van der Waals surface area contributed by atoms with Crippen molar-refractivity contribution in [2.75, 3.05) is 13.1 Å². The Labute approximate surface area is 100 Å². The molecule has 0 amide bonds. The molecule has 0 unspecified atom stereocenters. The average molecular weight is 280 g/mol. The first kappa shape index (κ1) is 9.80. The Bertz CT molecular complexity index is 574. The van der Waals surface area contributed by atoms with Gasteiger partial charge in [0.1, 0.15) is 0 Å². The second-order valence-electron chi connectivity index (χ2n) is 3.65. The molecule has 1 aromatic heterocycles. The zero-order chi connectivity index (χ0) is 11.1. The summed E-state index contributed by atoms with van der Waals surface area (Å²) in [6.45, 7) is 1.47. The molecule has 6 heteroatoms. The van der Waals surface area contributed by atoms with E-state index < -0.39 is 0 Å². The van der Waals surface area contributed by atoms with Crippen LogP contribution >= 0.6 is 15.9 Å². The van der Waals surface area contributed by atoms with Crippen molar-refractivity contribution in [2.45, 2.75) is 0 Å². The largest absolute Gasteiger partial charge is 0.335 e. The third-order valence-electron chi connectivity index (χ3n) is 2.53. The Morgan fingerprint density at radius 3 is 3.06 bits per heavy atom. The maximum absolute atomic E-state index is 5.80. The molecule has 82 valence electrons. The lowest BCUT2D eigenvalue weighted by atomic mass is 10.3. The highest BCUT2D eigenvalue weighted by Gasteiger charge is 2.18. The van der Waals surface area contributed by atoms with Crippen molar-refractivity contribution in [3.8, 4) is 0 Å². The third-order valence-corrected chi connectivity index (χ3v) is 3.02. The number of hydrazine groups is 1. The summed E-state index contributed by atoms with van der Waals surface area (Å²) in [7, 11) is 0. The van der Waals surface area contributed by atoms with Crippen molar-refractivity contribution in [1.82, 2.24) is 15.0 Å². The zero-order valence-electron chi connectivity index (χ0n) is 8.44. The van der Waals surface area contributed by atoms with E-state index in [1.807, 2.05) is 18.2 Å². The molecule has 0 saturated heterocycles. The van der Waals surface area contributed by atoms with Crippen LogP contribution in [0.25, 0.3) is 11.0 Å². The van der Waals surface area contributed by atoms with Crippen LogP contribution in [0.3, 0.4) is 0 Å². The summed E-state index contributed by atoms with van der Waals surface area (Å²) in [5, 5.41) is 1.62. The highest BCUT2D eigenvalue weighted by molar-refractivity contribution is 9.10. The van der Waals surface area contributed by atoms with E-state index in [0.29, 0.717) is 0 Å². The lowest BCUT2D eigenvalue weighted by molar-refractivity contribution is 0.482. The molecule has 5 nitrogen and oxygen atoms in total. The van der Waals surface area contributed by atoms with Gasteiger partial charge in [0.25, 0.3) is 0 Å². The first-order valence-electron chi connectivity index (χ1n) is 4.96. The van der Waals surface area contributed by atoms with E-state index in [0.717, 1.165) is 40.3 Å². The minimum absolute atomic E-state index is 0.729. The summed E-state index contributed by atoms with van der Waals surface area (Å²) in [6.07, 6.45) is 0. The molecule has 0 aliphatic carbocycles. The Morgan fingerprint density at radius 1 is 1.44 bits per heavy atom. The summed E-state index contributed by atoms with van der Waals surface area (Å²) in [4.78, 5) is 12.0. The molecular formula is C10H10BrN5. The van der Waals surface area contributed by atoms with Crippen molar-refractivity contribution in [3.05, 3.63) is 28.5 Å². The van der Waals surface area contributed by atoms with Gasteiger partial charge in [-0.05, 0) is 18.2 Å². The number of benzene rings is 1. The number of aromatic amines is 1. The number of nitrogens with one attached hydrogen (secondary N) is 1. The lowest BCUT2D eigenvalue weighted by Gasteiger charge is -2.09. The standard InChI is InChI=1S/C10H10BrN5/c11-6-1-2-7-8(5-6)15-9(14-7)10-13-3-4-16(10)12/h1-2,5H,3-4,12H2,(H,14,15). The monoisotopic (exact) mass is 279 g/mol. The van der Waals surface area contributed by atoms with E-state index >= 15 is 0 Å². The van der Waals surface area contributed by atoms with Crippen LogP contribution in [0.5, 0.6) is 0 Å². The van der Waals surface area contributed by atoms with Gasteiger partial charge in [0.15, 0.2) is 11.7 Å².